The summed E-state index contributed by atoms with van der Waals surface area (Å²) < 4.78 is 0. The Kier molecular flexibility index (Phi) is 6.64. The summed E-state index contributed by atoms with van der Waals surface area (Å²) in [7, 11) is 0. The number of hydrogen-bond donors (Lipinski definition) is 1. The Morgan fingerprint density at radius 2 is 1.60 bits per heavy atom. The van der Waals surface area contributed by atoms with Gasteiger partial charge in [0.1, 0.15) is 0 Å². The molecule has 3 saturated carbocycles. The lowest BCUT2D eigenvalue weighted by molar-refractivity contribution is -0.134. The number of hydrogen-bond acceptors (Lipinski definition) is 3. The zero-order valence-electron chi connectivity index (χ0n) is 26.9. The van der Waals surface area contributed by atoms with Crippen LogP contribution in [0.1, 0.15) is 99.0 Å². The highest BCUT2D eigenvalue weighted by Crippen LogP contribution is 2.74. The van der Waals surface area contributed by atoms with Crippen molar-refractivity contribution >= 4 is 17.5 Å². The first-order chi connectivity index (χ1) is 20.0. The number of allylic oxidation sites excluding steroid dienone is 4. The second-order valence-electron chi connectivity index (χ2n) is 16.1. The Morgan fingerprint density at radius 1 is 0.930 bits per heavy atom. The fraction of sp³-hybridized carbons (Fsp3) is 0.579. The minimum atomic E-state index is -0.674. The van der Waals surface area contributed by atoms with Gasteiger partial charge in [0.2, 0.25) is 11.6 Å². The van der Waals surface area contributed by atoms with Crippen molar-refractivity contribution in [3.05, 3.63) is 82.6 Å². The number of amides is 1. The fourth-order valence-corrected chi connectivity index (χ4v) is 10.2. The van der Waals surface area contributed by atoms with E-state index in [4.69, 9.17) is 6.57 Å². The molecular weight excluding hydrogens is 532 g/mol. The van der Waals surface area contributed by atoms with Crippen molar-refractivity contribution in [2.75, 3.05) is 0 Å². The molecule has 1 amide bonds. The van der Waals surface area contributed by atoms with Gasteiger partial charge in [0.05, 0.1) is 18.9 Å². The van der Waals surface area contributed by atoms with E-state index < -0.39 is 21.8 Å². The normalized spacial score (nSPS) is 38.3. The zero-order valence-corrected chi connectivity index (χ0v) is 26.9. The molecular formula is C38H46N2O3. The second kappa shape index (κ2) is 9.50. The predicted molar refractivity (Wildman–Crippen MR) is 168 cm³/mol. The molecule has 0 saturated heterocycles. The van der Waals surface area contributed by atoms with Crippen LogP contribution < -0.4 is 5.32 Å². The lowest BCUT2D eigenvalue weighted by Gasteiger charge is -2.69. The van der Waals surface area contributed by atoms with Crippen LogP contribution in [0, 0.1) is 51.4 Å². The van der Waals surface area contributed by atoms with E-state index >= 15 is 0 Å². The third-order valence-electron chi connectivity index (χ3n) is 12.8. The van der Waals surface area contributed by atoms with E-state index in [-0.39, 0.29) is 39.9 Å². The van der Waals surface area contributed by atoms with Gasteiger partial charge >= 0.3 is 0 Å². The Balaban J connectivity index is 1.43. The summed E-state index contributed by atoms with van der Waals surface area (Å²) in [5.74, 6) is 2.07. The molecule has 5 atom stereocenters. The van der Waals surface area contributed by atoms with Crippen LogP contribution in [0.2, 0.25) is 0 Å². The fourth-order valence-electron chi connectivity index (χ4n) is 10.2. The van der Waals surface area contributed by atoms with Gasteiger partial charge in [0, 0.05) is 22.3 Å². The van der Waals surface area contributed by atoms with Crippen LogP contribution in [0.25, 0.3) is 4.85 Å². The summed E-state index contributed by atoms with van der Waals surface area (Å²) >= 11 is 0. The van der Waals surface area contributed by atoms with Gasteiger partial charge in [-0.2, -0.15) is 0 Å². The van der Waals surface area contributed by atoms with E-state index in [0.717, 1.165) is 67.9 Å². The molecule has 6 rings (SSSR count). The number of Topliss-reactive ketones (excluding diaryl/α,β-unsaturated/α-hetero) is 1. The second-order valence-corrected chi connectivity index (χ2v) is 16.1. The molecule has 3 fully saturated rings. The number of fused-ring (bicyclic) bond motifs is 7. The number of nitrogens with one attached hydrogen (secondary N) is 1. The van der Waals surface area contributed by atoms with E-state index in [1.54, 1.807) is 0 Å². The molecule has 1 aromatic carbocycles. The maximum absolute atomic E-state index is 14.6. The summed E-state index contributed by atoms with van der Waals surface area (Å²) in [6.45, 7) is 23.1. The Morgan fingerprint density at radius 3 is 2.28 bits per heavy atom. The van der Waals surface area contributed by atoms with Crippen LogP contribution in [-0.4, -0.2) is 23.0 Å². The molecule has 43 heavy (non-hydrogen) atoms. The summed E-state index contributed by atoms with van der Waals surface area (Å²) in [5.41, 5.74) is -0.140. The van der Waals surface area contributed by atoms with Crippen molar-refractivity contribution in [2.24, 2.45) is 33.0 Å². The van der Waals surface area contributed by atoms with Gasteiger partial charge in [-0.3, -0.25) is 9.59 Å². The minimum absolute atomic E-state index is 0.0113. The highest BCUT2D eigenvalue weighted by Gasteiger charge is 2.70. The standard InChI is InChI=1S/C38H46N2O3/c1-33(2)16-18-38(40-30(42)20-24-12-10-9-11-13-24)19-17-37(7)31(25(38)22-33)27(41)21-29-35(5)23-26(39-8)32(43)34(3,4)28(35)14-15-36(29,37)6/h9-13,21,23,28H,14-20,22H2,1-7H3,(H,40,42)/t28-,35-,36+,37+,38-/m0/s1. The monoisotopic (exact) mass is 578 g/mol. The van der Waals surface area contributed by atoms with Crippen molar-refractivity contribution in [1.29, 1.82) is 0 Å². The third kappa shape index (κ3) is 4.18. The maximum Gasteiger partial charge on any atom is 0.226 e. The van der Waals surface area contributed by atoms with Crippen molar-refractivity contribution < 1.29 is 14.4 Å². The molecule has 2 radical (unpaired) electrons. The summed E-state index contributed by atoms with van der Waals surface area (Å²) in [4.78, 5) is 45.2. The molecule has 226 valence electrons. The molecule has 0 bridgehead atoms. The summed E-state index contributed by atoms with van der Waals surface area (Å²) in [5, 5.41) is 3.51. The third-order valence-corrected chi connectivity index (χ3v) is 12.8. The van der Waals surface area contributed by atoms with Crippen LogP contribution in [0.5, 0.6) is 0 Å². The van der Waals surface area contributed by atoms with Crippen LogP contribution in [-0.2, 0) is 20.8 Å². The van der Waals surface area contributed by atoms with E-state index in [9.17, 15) is 14.4 Å². The number of carbonyl (C=O) groups excluding carboxylic acids is 3. The SMILES string of the molecule is [C-]#[N+]C1=C[C@]2(C)C3=CC(=O)[C]4[C]5CC(C)(C)CC[C@]5(NC(=O)Cc5ccccc5)CC[C@@]4(C)[C@]3(C)CC[C@H]2C(C)(C)C1=O. The van der Waals surface area contributed by atoms with Crippen molar-refractivity contribution in [3.8, 4) is 0 Å². The largest absolute Gasteiger partial charge is 0.350 e. The van der Waals surface area contributed by atoms with E-state index in [1.165, 1.54) is 0 Å². The van der Waals surface area contributed by atoms with E-state index in [1.807, 2.05) is 56.3 Å². The first-order valence-corrected chi connectivity index (χ1v) is 16.0. The molecule has 0 spiro atoms. The lowest BCUT2D eigenvalue weighted by Crippen LogP contribution is -2.68. The molecule has 0 heterocycles. The van der Waals surface area contributed by atoms with Crippen LogP contribution >= 0.6 is 0 Å². The Hall–Kier alpha value is -3.00. The van der Waals surface area contributed by atoms with Gasteiger partial charge in [-0.25, -0.2) is 4.85 Å². The number of ketones is 2. The van der Waals surface area contributed by atoms with Crippen molar-refractivity contribution in [1.82, 2.24) is 5.32 Å². The highest BCUT2D eigenvalue weighted by molar-refractivity contribution is 6.08. The highest BCUT2D eigenvalue weighted by atomic mass is 16.2. The average molecular weight is 579 g/mol. The number of benzene rings is 1. The van der Waals surface area contributed by atoms with Gasteiger partial charge < -0.3 is 10.1 Å². The zero-order chi connectivity index (χ0) is 31.2. The first kappa shape index (κ1) is 30.0. The number of nitrogens with zero attached hydrogens (tertiary/aromatic N) is 1. The molecule has 1 aromatic rings. The molecule has 1 N–H and O–H groups in total. The van der Waals surface area contributed by atoms with Crippen LogP contribution in [0.4, 0.5) is 0 Å². The molecule has 0 aromatic heterocycles. The predicted octanol–water partition coefficient (Wildman–Crippen LogP) is 7.59. The first-order valence-electron chi connectivity index (χ1n) is 16.0. The summed E-state index contributed by atoms with van der Waals surface area (Å²) in [6, 6.07) is 9.86. The minimum Gasteiger partial charge on any atom is -0.350 e. The maximum atomic E-state index is 14.6. The molecule has 0 aliphatic heterocycles. The van der Waals surface area contributed by atoms with Gasteiger partial charge in [-0.15, -0.1) is 0 Å². The number of rotatable bonds is 3. The molecule has 5 nitrogen and oxygen atoms in total. The lowest BCUT2D eigenvalue weighted by atomic mass is 9.35. The smallest absolute Gasteiger partial charge is 0.226 e. The Labute approximate surface area is 257 Å². The van der Waals surface area contributed by atoms with Crippen molar-refractivity contribution in [2.45, 2.75) is 105 Å². The topological polar surface area (TPSA) is 67.6 Å². The van der Waals surface area contributed by atoms with Gasteiger partial charge in [-0.05, 0) is 78.7 Å². The molecule has 5 aliphatic carbocycles. The van der Waals surface area contributed by atoms with Crippen LogP contribution in [0.15, 0.2) is 53.8 Å². The Bertz CT molecular complexity index is 1490. The molecule has 5 heteroatoms. The molecule has 0 unspecified atom stereocenters. The van der Waals surface area contributed by atoms with Gasteiger partial charge in [0.15, 0.2) is 11.6 Å². The van der Waals surface area contributed by atoms with Gasteiger partial charge in [0.25, 0.3) is 0 Å². The van der Waals surface area contributed by atoms with E-state index in [2.05, 4.69) is 44.8 Å². The average Bonchev–Trinajstić information content (AvgIpc) is 2.93. The quantitative estimate of drug-likeness (QED) is 0.376. The van der Waals surface area contributed by atoms with Crippen molar-refractivity contribution in [3.63, 3.8) is 0 Å². The molecule has 5 aliphatic rings. The van der Waals surface area contributed by atoms with Crippen LogP contribution in [0.3, 0.4) is 0 Å². The summed E-state index contributed by atoms with van der Waals surface area (Å²) in [6.07, 6.45) is 10.1. The van der Waals surface area contributed by atoms with E-state index in [0.29, 0.717) is 6.42 Å². The van der Waals surface area contributed by atoms with Gasteiger partial charge in [-0.1, -0.05) is 90.4 Å². The number of carbonyl (C=O) groups is 3.